The van der Waals surface area contributed by atoms with Gasteiger partial charge in [0.15, 0.2) is 5.76 Å². The first-order chi connectivity index (χ1) is 6.96. The normalized spacial score (nSPS) is 11.5. The Balaban J connectivity index is 2.68. The number of carbonyl (C=O) groups excluding carboxylic acids is 1. The second kappa shape index (κ2) is 4.71. The Morgan fingerprint density at radius 1 is 1.60 bits per heavy atom. The number of carbonyl (C=O) groups is 1. The first-order valence-corrected chi connectivity index (χ1v) is 5.42. The summed E-state index contributed by atoms with van der Waals surface area (Å²) in [7, 11) is 0. The summed E-state index contributed by atoms with van der Waals surface area (Å²) in [6.07, 6.45) is 2.23. The first kappa shape index (κ1) is 12.1. The van der Waals surface area contributed by atoms with E-state index in [9.17, 15) is 4.79 Å². The van der Waals surface area contributed by atoms with Crippen molar-refractivity contribution in [2.75, 3.05) is 5.88 Å². The molecule has 0 aliphatic heterocycles. The molecule has 0 aromatic carbocycles. The third kappa shape index (κ3) is 3.27. The van der Waals surface area contributed by atoms with Crippen LogP contribution >= 0.6 is 11.6 Å². The molecule has 4 heteroatoms. The van der Waals surface area contributed by atoms with Gasteiger partial charge in [-0.25, -0.2) is 0 Å². The molecule has 1 rings (SSSR count). The van der Waals surface area contributed by atoms with E-state index in [0.29, 0.717) is 11.6 Å². The Morgan fingerprint density at radius 2 is 2.27 bits per heavy atom. The summed E-state index contributed by atoms with van der Waals surface area (Å²) in [5, 5.41) is 2.88. The van der Waals surface area contributed by atoms with Crippen molar-refractivity contribution < 1.29 is 9.21 Å². The lowest BCUT2D eigenvalue weighted by Gasteiger charge is -2.24. The molecule has 0 saturated carbocycles. The topological polar surface area (TPSA) is 42.2 Å². The number of halogens is 1. The van der Waals surface area contributed by atoms with E-state index < -0.39 is 0 Å². The molecular weight excluding hydrogens is 214 g/mol. The van der Waals surface area contributed by atoms with Gasteiger partial charge < -0.3 is 9.73 Å². The van der Waals surface area contributed by atoms with Gasteiger partial charge >= 0.3 is 0 Å². The molecule has 0 aliphatic rings. The summed E-state index contributed by atoms with van der Waals surface area (Å²) >= 11 is 5.65. The van der Waals surface area contributed by atoms with Crippen LogP contribution in [0.15, 0.2) is 16.7 Å². The Kier molecular flexibility index (Phi) is 3.80. The summed E-state index contributed by atoms with van der Waals surface area (Å²) in [4.78, 5) is 11.8. The minimum Gasteiger partial charge on any atom is -0.459 e. The van der Waals surface area contributed by atoms with Crippen molar-refractivity contribution in [1.82, 2.24) is 5.32 Å². The highest BCUT2D eigenvalue weighted by atomic mass is 35.5. The van der Waals surface area contributed by atoms with E-state index >= 15 is 0 Å². The van der Waals surface area contributed by atoms with Gasteiger partial charge in [-0.15, -0.1) is 11.6 Å². The molecule has 1 aromatic rings. The molecule has 15 heavy (non-hydrogen) atoms. The standard InChI is InChI=1S/C11H16ClNO2/c1-8-4-7-15-9(8)10(14)13-11(2,3)5-6-12/h4,7H,5-6H2,1-3H3,(H,13,14). The summed E-state index contributed by atoms with van der Waals surface area (Å²) in [6.45, 7) is 5.71. The van der Waals surface area contributed by atoms with E-state index in [4.69, 9.17) is 16.0 Å². The molecule has 1 heterocycles. The molecule has 0 fully saturated rings. The van der Waals surface area contributed by atoms with Gasteiger partial charge in [-0.3, -0.25) is 4.79 Å². The maximum Gasteiger partial charge on any atom is 0.287 e. The second-order valence-electron chi connectivity index (χ2n) is 4.21. The molecule has 0 bridgehead atoms. The summed E-state index contributed by atoms with van der Waals surface area (Å²) in [5.74, 6) is 0.704. The van der Waals surface area contributed by atoms with E-state index in [0.717, 1.165) is 12.0 Å². The first-order valence-electron chi connectivity index (χ1n) is 4.89. The highest BCUT2D eigenvalue weighted by Crippen LogP contribution is 2.13. The molecule has 0 unspecified atom stereocenters. The summed E-state index contributed by atoms with van der Waals surface area (Å²) < 4.78 is 5.11. The third-order valence-electron chi connectivity index (χ3n) is 2.24. The molecule has 1 aromatic heterocycles. The fourth-order valence-electron chi connectivity index (χ4n) is 1.27. The fraction of sp³-hybridized carbons (Fsp3) is 0.545. The molecule has 0 aliphatic carbocycles. The third-order valence-corrected chi connectivity index (χ3v) is 2.43. The lowest BCUT2D eigenvalue weighted by molar-refractivity contribution is 0.0882. The molecule has 84 valence electrons. The monoisotopic (exact) mass is 229 g/mol. The van der Waals surface area contributed by atoms with Gasteiger partial charge in [-0.05, 0) is 33.3 Å². The van der Waals surface area contributed by atoms with Crippen molar-refractivity contribution in [3.63, 3.8) is 0 Å². The minimum atomic E-state index is -0.307. The summed E-state index contributed by atoms with van der Waals surface area (Å²) in [5.41, 5.74) is 0.534. The van der Waals surface area contributed by atoms with Crippen LogP contribution in [-0.2, 0) is 0 Å². The van der Waals surface area contributed by atoms with Gasteiger partial charge in [0, 0.05) is 17.0 Å². The van der Waals surface area contributed by atoms with E-state index in [1.807, 2.05) is 20.8 Å². The summed E-state index contributed by atoms with van der Waals surface area (Å²) in [6, 6.07) is 1.77. The molecule has 0 atom stereocenters. The Morgan fingerprint density at radius 3 is 2.73 bits per heavy atom. The maximum atomic E-state index is 11.8. The number of hydrogen-bond donors (Lipinski definition) is 1. The van der Waals surface area contributed by atoms with Crippen molar-refractivity contribution in [3.05, 3.63) is 23.7 Å². The molecule has 1 N–H and O–H groups in total. The molecule has 3 nitrogen and oxygen atoms in total. The van der Waals surface area contributed by atoms with Crippen LogP contribution in [0.3, 0.4) is 0 Å². The van der Waals surface area contributed by atoms with Gasteiger partial charge in [-0.2, -0.15) is 0 Å². The fourth-order valence-corrected chi connectivity index (χ4v) is 1.74. The molecule has 0 spiro atoms. The number of nitrogens with one attached hydrogen (secondary N) is 1. The van der Waals surface area contributed by atoms with Crippen LogP contribution in [0, 0.1) is 6.92 Å². The van der Waals surface area contributed by atoms with Crippen molar-refractivity contribution in [2.24, 2.45) is 0 Å². The zero-order valence-electron chi connectivity index (χ0n) is 9.26. The molecule has 0 radical (unpaired) electrons. The van der Waals surface area contributed by atoms with Crippen molar-refractivity contribution in [2.45, 2.75) is 32.7 Å². The lowest BCUT2D eigenvalue weighted by atomic mass is 10.0. The van der Waals surface area contributed by atoms with E-state index in [1.165, 1.54) is 6.26 Å². The second-order valence-corrected chi connectivity index (χ2v) is 4.59. The van der Waals surface area contributed by atoms with Crippen LogP contribution in [0.25, 0.3) is 0 Å². The predicted octanol–water partition coefficient (Wildman–Crippen LogP) is 2.73. The zero-order valence-corrected chi connectivity index (χ0v) is 10.0. The molecular formula is C11H16ClNO2. The van der Waals surface area contributed by atoms with Gasteiger partial charge in [0.2, 0.25) is 0 Å². The van der Waals surface area contributed by atoms with Crippen molar-refractivity contribution in [3.8, 4) is 0 Å². The van der Waals surface area contributed by atoms with E-state index in [-0.39, 0.29) is 11.4 Å². The van der Waals surface area contributed by atoms with Gasteiger partial charge in [0.25, 0.3) is 5.91 Å². The molecule has 0 saturated heterocycles. The van der Waals surface area contributed by atoms with Crippen molar-refractivity contribution >= 4 is 17.5 Å². The van der Waals surface area contributed by atoms with Crippen LogP contribution in [0.4, 0.5) is 0 Å². The number of alkyl halides is 1. The number of amides is 1. The largest absolute Gasteiger partial charge is 0.459 e. The zero-order chi connectivity index (χ0) is 11.5. The van der Waals surface area contributed by atoms with Gasteiger partial charge in [0.05, 0.1) is 6.26 Å². The SMILES string of the molecule is Cc1ccoc1C(=O)NC(C)(C)CCCl. The van der Waals surface area contributed by atoms with E-state index in [2.05, 4.69) is 5.32 Å². The average molecular weight is 230 g/mol. The van der Waals surface area contributed by atoms with Crippen LogP contribution in [-0.4, -0.2) is 17.3 Å². The number of furan rings is 1. The number of rotatable bonds is 4. The predicted molar refractivity (Wildman–Crippen MR) is 60.3 cm³/mol. The average Bonchev–Trinajstić information content (AvgIpc) is 2.50. The molecule has 1 amide bonds. The number of hydrogen-bond acceptors (Lipinski definition) is 2. The Labute approximate surface area is 94.8 Å². The smallest absolute Gasteiger partial charge is 0.287 e. The lowest BCUT2D eigenvalue weighted by Crippen LogP contribution is -2.43. The van der Waals surface area contributed by atoms with Crippen molar-refractivity contribution in [1.29, 1.82) is 0 Å². The maximum absolute atomic E-state index is 11.8. The Hall–Kier alpha value is -0.960. The van der Waals surface area contributed by atoms with Crippen LogP contribution in [0.2, 0.25) is 0 Å². The highest BCUT2D eigenvalue weighted by Gasteiger charge is 2.22. The van der Waals surface area contributed by atoms with Crippen LogP contribution in [0.1, 0.15) is 36.4 Å². The highest BCUT2D eigenvalue weighted by molar-refractivity contribution is 6.17. The quantitative estimate of drug-likeness (QED) is 0.807. The number of aryl methyl sites for hydroxylation is 1. The van der Waals surface area contributed by atoms with Gasteiger partial charge in [-0.1, -0.05) is 0 Å². The Bertz CT molecular complexity index is 344. The van der Waals surface area contributed by atoms with Crippen LogP contribution in [0.5, 0.6) is 0 Å². The minimum absolute atomic E-state index is 0.187. The van der Waals surface area contributed by atoms with E-state index in [1.54, 1.807) is 6.07 Å². The van der Waals surface area contributed by atoms with Crippen LogP contribution < -0.4 is 5.32 Å². The van der Waals surface area contributed by atoms with Gasteiger partial charge in [0.1, 0.15) is 0 Å².